The number of aromatic amines is 1. The minimum absolute atomic E-state index is 0.0482. The fraction of sp³-hybridized carbons (Fsp3) is 0.263. The number of nitrogens with one attached hydrogen (secondary N) is 1. The lowest BCUT2D eigenvalue weighted by molar-refractivity contribution is 0.344. The highest BCUT2D eigenvalue weighted by Gasteiger charge is 2.19. The molecule has 0 spiro atoms. The number of fused-ring (bicyclic) bond motifs is 2. The molecule has 0 aromatic carbocycles. The zero-order valence-electron chi connectivity index (χ0n) is 15.1. The Kier molecular flexibility index (Phi) is 4.39. The first-order valence-corrected chi connectivity index (χ1v) is 8.90. The molecule has 0 amide bonds. The minimum atomic E-state index is -0.548. The van der Waals surface area contributed by atoms with Crippen LogP contribution in [0.5, 0.6) is 11.6 Å². The van der Waals surface area contributed by atoms with Crippen LogP contribution in [0.15, 0.2) is 24.5 Å². The fourth-order valence-electron chi connectivity index (χ4n) is 3.25. The first-order chi connectivity index (χ1) is 13.1. The van der Waals surface area contributed by atoms with Crippen molar-refractivity contribution in [1.82, 2.24) is 19.5 Å². The maximum Gasteiger partial charge on any atom is 0.257 e. The average molecular weight is 389 g/mol. The molecule has 27 heavy (non-hydrogen) atoms. The van der Waals surface area contributed by atoms with Gasteiger partial charge in [0.15, 0.2) is 11.6 Å². The van der Waals surface area contributed by atoms with E-state index in [2.05, 4.69) is 26.4 Å². The third kappa shape index (κ3) is 2.78. The van der Waals surface area contributed by atoms with Crippen molar-refractivity contribution >= 4 is 33.7 Å². The van der Waals surface area contributed by atoms with E-state index in [-0.39, 0.29) is 5.02 Å². The number of H-pyrrole nitrogens is 1. The van der Waals surface area contributed by atoms with E-state index in [9.17, 15) is 4.39 Å². The molecular formula is C19H18ClFN4O2. The molecule has 4 aromatic rings. The van der Waals surface area contributed by atoms with Crippen molar-refractivity contribution in [1.29, 1.82) is 0 Å². The zero-order valence-corrected chi connectivity index (χ0v) is 15.9. The number of hydrogen-bond donors (Lipinski definition) is 1. The Labute approximate surface area is 159 Å². The van der Waals surface area contributed by atoms with Crippen molar-refractivity contribution in [2.45, 2.75) is 19.9 Å². The average Bonchev–Trinajstić information content (AvgIpc) is 3.26. The molecule has 0 bridgehead atoms. The highest BCUT2D eigenvalue weighted by Crippen LogP contribution is 2.37. The maximum atomic E-state index is 13.7. The van der Waals surface area contributed by atoms with Gasteiger partial charge in [0.1, 0.15) is 11.2 Å². The SMILES string of the molecule is CCCn1cc(-c2cc3c(Cl)c(F)cnc3[nH]2)c2nc(OC)c(OC)cc21. The van der Waals surface area contributed by atoms with Gasteiger partial charge in [-0.3, -0.25) is 0 Å². The molecule has 0 fully saturated rings. The zero-order chi connectivity index (χ0) is 19.1. The third-order valence-corrected chi connectivity index (χ3v) is 4.89. The van der Waals surface area contributed by atoms with Crippen molar-refractivity contribution in [3.05, 3.63) is 35.4 Å². The van der Waals surface area contributed by atoms with Crippen LogP contribution in [-0.2, 0) is 6.54 Å². The summed E-state index contributed by atoms with van der Waals surface area (Å²) in [6, 6.07) is 3.70. The monoisotopic (exact) mass is 388 g/mol. The van der Waals surface area contributed by atoms with Crippen LogP contribution < -0.4 is 9.47 Å². The molecule has 0 atom stereocenters. The summed E-state index contributed by atoms with van der Waals surface area (Å²) in [6.45, 7) is 2.93. The number of rotatable bonds is 5. The maximum absolute atomic E-state index is 13.7. The number of aryl methyl sites for hydroxylation is 1. The lowest BCUT2D eigenvalue weighted by Gasteiger charge is -2.08. The van der Waals surface area contributed by atoms with Crippen LogP contribution in [0.2, 0.25) is 5.02 Å². The van der Waals surface area contributed by atoms with Gasteiger partial charge in [-0.05, 0) is 12.5 Å². The summed E-state index contributed by atoms with van der Waals surface area (Å²) in [5, 5.41) is 0.579. The molecule has 4 heterocycles. The lowest BCUT2D eigenvalue weighted by Crippen LogP contribution is -1.97. The van der Waals surface area contributed by atoms with Gasteiger partial charge in [-0.15, -0.1) is 0 Å². The number of halogens is 2. The predicted octanol–water partition coefficient (Wildman–Crippen LogP) is 4.80. The van der Waals surface area contributed by atoms with Crippen LogP contribution in [0.25, 0.3) is 33.3 Å². The van der Waals surface area contributed by atoms with E-state index in [4.69, 9.17) is 21.1 Å². The Morgan fingerprint density at radius 3 is 2.78 bits per heavy atom. The van der Waals surface area contributed by atoms with Crippen molar-refractivity contribution in [3.63, 3.8) is 0 Å². The summed E-state index contributed by atoms with van der Waals surface area (Å²) in [7, 11) is 3.13. The third-order valence-electron chi connectivity index (χ3n) is 4.50. The van der Waals surface area contributed by atoms with Gasteiger partial charge in [0.25, 0.3) is 5.88 Å². The van der Waals surface area contributed by atoms with Crippen LogP contribution in [0.1, 0.15) is 13.3 Å². The van der Waals surface area contributed by atoms with Gasteiger partial charge >= 0.3 is 0 Å². The number of pyridine rings is 2. The quantitative estimate of drug-likeness (QED) is 0.533. The molecule has 0 aliphatic heterocycles. The van der Waals surface area contributed by atoms with Crippen molar-refractivity contribution < 1.29 is 13.9 Å². The van der Waals surface area contributed by atoms with Crippen LogP contribution >= 0.6 is 11.6 Å². The van der Waals surface area contributed by atoms with Gasteiger partial charge in [-0.25, -0.2) is 14.4 Å². The largest absolute Gasteiger partial charge is 0.491 e. The second-order valence-electron chi connectivity index (χ2n) is 6.17. The molecule has 0 saturated carbocycles. The van der Waals surface area contributed by atoms with Gasteiger partial charge < -0.3 is 19.0 Å². The van der Waals surface area contributed by atoms with Crippen molar-refractivity contribution in [3.8, 4) is 22.9 Å². The Morgan fingerprint density at radius 2 is 2.07 bits per heavy atom. The Bertz CT molecular complexity index is 1150. The van der Waals surface area contributed by atoms with Crippen LogP contribution in [0.4, 0.5) is 4.39 Å². The summed E-state index contributed by atoms with van der Waals surface area (Å²) < 4.78 is 26.6. The topological polar surface area (TPSA) is 65.0 Å². The molecule has 0 aliphatic carbocycles. The molecule has 140 valence electrons. The summed E-state index contributed by atoms with van der Waals surface area (Å²) in [5.74, 6) is 0.418. The second kappa shape index (κ2) is 6.74. The molecule has 6 nitrogen and oxygen atoms in total. The molecule has 0 radical (unpaired) electrons. The second-order valence-corrected chi connectivity index (χ2v) is 6.55. The fourth-order valence-corrected chi connectivity index (χ4v) is 3.44. The van der Waals surface area contributed by atoms with E-state index in [0.29, 0.717) is 22.7 Å². The van der Waals surface area contributed by atoms with Crippen LogP contribution in [0.3, 0.4) is 0 Å². The predicted molar refractivity (Wildman–Crippen MR) is 103 cm³/mol. The van der Waals surface area contributed by atoms with Gasteiger partial charge in [-0.2, -0.15) is 0 Å². The summed E-state index contributed by atoms with van der Waals surface area (Å²) >= 11 is 6.09. The summed E-state index contributed by atoms with van der Waals surface area (Å²) in [5.41, 5.74) is 3.81. The summed E-state index contributed by atoms with van der Waals surface area (Å²) in [4.78, 5) is 11.9. The van der Waals surface area contributed by atoms with E-state index >= 15 is 0 Å². The molecule has 0 unspecified atom stereocenters. The molecule has 4 aromatic heterocycles. The van der Waals surface area contributed by atoms with Gasteiger partial charge in [0, 0.05) is 29.8 Å². The highest BCUT2D eigenvalue weighted by atomic mass is 35.5. The van der Waals surface area contributed by atoms with E-state index in [1.54, 1.807) is 20.3 Å². The lowest BCUT2D eigenvalue weighted by atomic mass is 10.2. The van der Waals surface area contributed by atoms with E-state index < -0.39 is 5.82 Å². The molecule has 1 N–H and O–H groups in total. The van der Waals surface area contributed by atoms with Gasteiger partial charge in [-0.1, -0.05) is 18.5 Å². The Morgan fingerprint density at radius 1 is 1.26 bits per heavy atom. The van der Waals surface area contributed by atoms with Crippen molar-refractivity contribution in [2.75, 3.05) is 14.2 Å². The standard InChI is InChI=1S/C19H18ClFN4O2/c1-4-5-25-9-11(17-14(25)7-15(26-2)19(24-17)27-3)13-6-10-16(20)12(21)8-22-18(10)23-13/h6-9H,4-5H2,1-3H3,(H,22,23). The van der Waals surface area contributed by atoms with Crippen molar-refractivity contribution in [2.24, 2.45) is 0 Å². The molecule has 0 aliphatic rings. The summed E-state index contributed by atoms with van der Waals surface area (Å²) in [6.07, 6.45) is 4.08. The molecular weight excluding hydrogens is 371 g/mol. The van der Waals surface area contributed by atoms with E-state index in [1.165, 1.54) is 0 Å². The van der Waals surface area contributed by atoms with Crippen LogP contribution in [-0.4, -0.2) is 33.7 Å². The Hall–Kier alpha value is -2.80. The van der Waals surface area contributed by atoms with Crippen LogP contribution in [0, 0.1) is 5.82 Å². The number of ether oxygens (including phenoxy) is 2. The number of methoxy groups -OCH3 is 2. The minimum Gasteiger partial charge on any atom is -0.491 e. The van der Waals surface area contributed by atoms with Gasteiger partial charge in [0.05, 0.1) is 36.6 Å². The molecule has 0 saturated heterocycles. The molecule has 8 heteroatoms. The smallest absolute Gasteiger partial charge is 0.257 e. The number of nitrogens with zero attached hydrogens (tertiary/aromatic N) is 3. The first-order valence-electron chi connectivity index (χ1n) is 8.52. The molecule has 4 rings (SSSR count). The van der Waals surface area contributed by atoms with Gasteiger partial charge in [0.2, 0.25) is 0 Å². The van der Waals surface area contributed by atoms with E-state index in [0.717, 1.165) is 41.5 Å². The first kappa shape index (κ1) is 17.6. The normalized spacial score (nSPS) is 11.4. The Balaban J connectivity index is 1.99. The van der Waals surface area contributed by atoms with E-state index in [1.807, 2.05) is 12.3 Å². The highest BCUT2D eigenvalue weighted by molar-refractivity contribution is 6.35. The number of hydrogen-bond acceptors (Lipinski definition) is 4. The number of aromatic nitrogens is 4.